The minimum Gasteiger partial charge on any atom is -0.361 e. The first kappa shape index (κ1) is 16.0. The molecule has 0 atom stereocenters. The summed E-state index contributed by atoms with van der Waals surface area (Å²) < 4.78 is 5.14. The zero-order valence-electron chi connectivity index (χ0n) is 13.7. The molecule has 118 valence electrons. The molecule has 1 saturated heterocycles. The van der Waals surface area contributed by atoms with E-state index in [1.807, 2.05) is 18.7 Å². The fraction of sp³-hybridized carbons (Fsp3) is 0.750. The summed E-state index contributed by atoms with van der Waals surface area (Å²) in [6, 6.07) is 0. The highest BCUT2D eigenvalue weighted by molar-refractivity contribution is 5.76. The second-order valence-corrected chi connectivity index (χ2v) is 6.38. The van der Waals surface area contributed by atoms with Crippen molar-refractivity contribution in [3.05, 3.63) is 17.0 Å². The van der Waals surface area contributed by atoms with Crippen LogP contribution in [0.4, 0.5) is 0 Å². The zero-order chi connectivity index (χ0) is 15.4. The number of amides is 1. The van der Waals surface area contributed by atoms with Gasteiger partial charge in [-0.15, -0.1) is 0 Å². The molecule has 1 aromatic heterocycles. The summed E-state index contributed by atoms with van der Waals surface area (Å²) in [5.41, 5.74) is 1.99. The monoisotopic (exact) mass is 293 g/mol. The van der Waals surface area contributed by atoms with Crippen molar-refractivity contribution in [1.82, 2.24) is 15.0 Å². The number of piperazine rings is 1. The summed E-state index contributed by atoms with van der Waals surface area (Å²) in [6.45, 7) is 13.1. The van der Waals surface area contributed by atoms with Gasteiger partial charge in [-0.3, -0.25) is 9.69 Å². The van der Waals surface area contributed by atoms with Gasteiger partial charge in [0.1, 0.15) is 5.76 Å². The van der Waals surface area contributed by atoms with Crippen LogP contribution < -0.4 is 0 Å². The third-order valence-electron chi connectivity index (χ3n) is 4.12. The van der Waals surface area contributed by atoms with Crippen LogP contribution in [0.1, 0.15) is 37.3 Å². The van der Waals surface area contributed by atoms with Crippen LogP contribution in [0.25, 0.3) is 0 Å². The second kappa shape index (κ2) is 7.07. The Balaban J connectivity index is 1.77. The van der Waals surface area contributed by atoms with Crippen LogP contribution in [-0.4, -0.2) is 53.6 Å². The van der Waals surface area contributed by atoms with Crippen LogP contribution in [0.2, 0.25) is 0 Å². The first-order valence-electron chi connectivity index (χ1n) is 7.89. The van der Waals surface area contributed by atoms with Gasteiger partial charge in [-0.2, -0.15) is 0 Å². The standard InChI is InChI=1S/C16H27N3O2/c1-12(2)11-18-7-9-19(10-8-18)16(20)6-5-15-13(3)17-21-14(15)4/h12H,5-11H2,1-4H3. The molecule has 1 aliphatic heterocycles. The summed E-state index contributed by atoms with van der Waals surface area (Å²) in [7, 11) is 0. The smallest absolute Gasteiger partial charge is 0.222 e. The molecule has 0 unspecified atom stereocenters. The van der Waals surface area contributed by atoms with E-state index in [0.29, 0.717) is 12.3 Å². The molecule has 1 amide bonds. The number of rotatable bonds is 5. The average Bonchev–Trinajstić information content (AvgIpc) is 2.75. The maximum Gasteiger partial charge on any atom is 0.222 e. The lowest BCUT2D eigenvalue weighted by Crippen LogP contribution is -2.49. The van der Waals surface area contributed by atoms with Gasteiger partial charge in [0.05, 0.1) is 5.69 Å². The van der Waals surface area contributed by atoms with E-state index in [9.17, 15) is 4.79 Å². The Labute approximate surface area is 127 Å². The Kier molecular flexibility index (Phi) is 5.39. The van der Waals surface area contributed by atoms with Gasteiger partial charge in [-0.25, -0.2) is 0 Å². The molecular weight excluding hydrogens is 266 g/mol. The lowest BCUT2D eigenvalue weighted by atomic mass is 10.1. The molecule has 1 fully saturated rings. The largest absolute Gasteiger partial charge is 0.361 e. The highest BCUT2D eigenvalue weighted by Gasteiger charge is 2.21. The minimum absolute atomic E-state index is 0.249. The number of aryl methyl sites for hydroxylation is 2. The van der Waals surface area contributed by atoms with Crippen LogP contribution in [0.15, 0.2) is 4.52 Å². The van der Waals surface area contributed by atoms with E-state index in [2.05, 4.69) is 23.9 Å². The second-order valence-electron chi connectivity index (χ2n) is 6.38. The van der Waals surface area contributed by atoms with Crippen molar-refractivity contribution in [2.45, 2.75) is 40.5 Å². The van der Waals surface area contributed by atoms with E-state index in [1.165, 1.54) is 0 Å². The van der Waals surface area contributed by atoms with Crippen molar-refractivity contribution in [3.63, 3.8) is 0 Å². The SMILES string of the molecule is Cc1noc(C)c1CCC(=O)N1CCN(CC(C)C)CC1. The summed E-state index contributed by atoms with van der Waals surface area (Å²) in [5.74, 6) is 1.77. The molecule has 0 saturated carbocycles. The van der Waals surface area contributed by atoms with E-state index in [4.69, 9.17) is 4.52 Å². The highest BCUT2D eigenvalue weighted by atomic mass is 16.5. The van der Waals surface area contributed by atoms with Crippen molar-refractivity contribution >= 4 is 5.91 Å². The molecule has 0 aliphatic carbocycles. The normalized spacial score (nSPS) is 16.7. The van der Waals surface area contributed by atoms with Crippen LogP contribution in [0.3, 0.4) is 0 Å². The quantitative estimate of drug-likeness (QED) is 0.833. The van der Waals surface area contributed by atoms with Gasteiger partial charge in [-0.1, -0.05) is 19.0 Å². The summed E-state index contributed by atoms with van der Waals surface area (Å²) in [5, 5.41) is 3.94. The topological polar surface area (TPSA) is 49.6 Å². The molecule has 1 aliphatic rings. The fourth-order valence-corrected chi connectivity index (χ4v) is 2.95. The van der Waals surface area contributed by atoms with E-state index in [1.54, 1.807) is 0 Å². The lowest BCUT2D eigenvalue weighted by Gasteiger charge is -2.35. The Morgan fingerprint density at radius 3 is 2.43 bits per heavy atom. The Morgan fingerprint density at radius 1 is 1.24 bits per heavy atom. The molecule has 0 aromatic carbocycles. The third-order valence-corrected chi connectivity index (χ3v) is 4.12. The minimum atomic E-state index is 0.249. The molecule has 0 radical (unpaired) electrons. The lowest BCUT2D eigenvalue weighted by molar-refractivity contribution is -0.132. The van der Waals surface area contributed by atoms with Crippen molar-refractivity contribution < 1.29 is 9.32 Å². The molecule has 2 rings (SSSR count). The Bertz CT molecular complexity index is 454. The summed E-state index contributed by atoms with van der Waals surface area (Å²) >= 11 is 0. The first-order valence-corrected chi connectivity index (χ1v) is 7.89. The number of carbonyl (C=O) groups excluding carboxylic acids is 1. The van der Waals surface area contributed by atoms with Gasteiger partial charge in [0.15, 0.2) is 0 Å². The third kappa shape index (κ3) is 4.30. The molecule has 5 nitrogen and oxygen atoms in total. The molecule has 2 heterocycles. The molecule has 0 spiro atoms. The van der Waals surface area contributed by atoms with Crippen LogP contribution >= 0.6 is 0 Å². The van der Waals surface area contributed by atoms with Gasteiger partial charge < -0.3 is 9.42 Å². The van der Waals surface area contributed by atoms with Gasteiger partial charge in [0, 0.05) is 44.7 Å². The molecule has 1 aromatic rings. The number of hydrogen-bond acceptors (Lipinski definition) is 4. The first-order chi connectivity index (χ1) is 9.97. The van der Waals surface area contributed by atoms with E-state index < -0.39 is 0 Å². The number of hydrogen-bond donors (Lipinski definition) is 0. The molecule has 5 heteroatoms. The van der Waals surface area contributed by atoms with Crippen LogP contribution in [-0.2, 0) is 11.2 Å². The zero-order valence-corrected chi connectivity index (χ0v) is 13.7. The number of nitrogens with zero attached hydrogens (tertiary/aromatic N) is 3. The Morgan fingerprint density at radius 2 is 1.90 bits per heavy atom. The Hall–Kier alpha value is -1.36. The van der Waals surface area contributed by atoms with Crippen LogP contribution in [0.5, 0.6) is 0 Å². The van der Waals surface area contributed by atoms with E-state index in [-0.39, 0.29) is 5.91 Å². The van der Waals surface area contributed by atoms with Gasteiger partial charge in [0.2, 0.25) is 5.91 Å². The van der Waals surface area contributed by atoms with Crippen molar-refractivity contribution in [1.29, 1.82) is 0 Å². The van der Waals surface area contributed by atoms with E-state index in [0.717, 1.165) is 56.2 Å². The van der Waals surface area contributed by atoms with Crippen LogP contribution in [0, 0.1) is 19.8 Å². The van der Waals surface area contributed by atoms with Crippen molar-refractivity contribution in [2.75, 3.05) is 32.7 Å². The highest BCUT2D eigenvalue weighted by Crippen LogP contribution is 2.15. The van der Waals surface area contributed by atoms with Gasteiger partial charge in [0.25, 0.3) is 0 Å². The molecule has 21 heavy (non-hydrogen) atoms. The average molecular weight is 293 g/mol. The predicted molar refractivity (Wildman–Crippen MR) is 82.2 cm³/mol. The fourth-order valence-electron chi connectivity index (χ4n) is 2.95. The maximum absolute atomic E-state index is 12.3. The molecule has 0 bridgehead atoms. The van der Waals surface area contributed by atoms with Gasteiger partial charge >= 0.3 is 0 Å². The molecule has 0 N–H and O–H groups in total. The summed E-state index contributed by atoms with van der Waals surface area (Å²) in [6.07, 6.45) is 1.28. The predicted octanol–water partition coefficient (Wildman–Crippen LogP) is 2.02. The summed E-state index contributed by atoms with van der Waals surface area (Å²) in [4.78, 5) is 16.7. The van der Waals surface area contributed by atoms with E-state index >= 15 is 0 Å². The van der Waals surface area contributed by atoms with Crippen molar-refractivity contribution in [2.24, 2.45) is 5.92 Å². The maximum atomic E-state index is 12.3. The van der Waals surface area contributed by atoms with Gasteiger partial charge in [-0.05, 0) is 26.2 Å². The number of aromatic nitrogens is 1. The molecular formula is C16H27N3O2. The van der Waals surface area contributed by atoms with Crippen molar-refractivity contribution in [3.8, 4) is 0 Å². The number of carbonyl (C=O) groups is 1.